The molecule has 0 aromatic carbocycles. The minimum absolute atomic E-state index is 0.276. The van der Waals surface area contributed by atoms with E-state index < -0.39 is 23.8 Å². The van der Waals surface area contributed by atoms with E-state index in [2.05, 4.69) is 20.5 Å². The van der Waals surface area contributed by atoms with Gasteiger partial charge in [-0.05, 0) is 13.0 Å². The van der Waals surface area contributed by atoms with Crippen LogP contribution in [0.3, 0.4) is 0 Å². The first-order valence-corrected chi connectivity index (χ1v) is 7.10. The molecule has 0 fully saturated rings. The number of rotatable bonds is 4. The second-order valence-corrected chi connectivity index (χ2v) is 5.26. The Morgan fingerprint density at radius 1 is 1.39 bits per heavy atom. The lowest BCUT2D eigenvalue weighted by Crippen LogP contribution is -2.49. The van der Waals surface area contributed by atoms with Crippen molar-refractivity contribution in [3.63, 3.8) is 0 Å². The molecule has 4 amide bonds. The standard InChI is InChI=1S/C15H15N5O3/c1-9-10(7-17-19-9)6-16-13(21)8-20-14(22)11-4-2-3-5-12(11)18-15(20)23/h2-5,7,11H,6,8H2,1H3,(H,16,21)(H,17,19). The average molecular weight is 313 g/mol. The van der Waals surface area contributed by atoms with Crippen molar-refractivity contribution in [3.8, 4) is 0 Å². The fraction of sp³-hybridized carbons (Fsp3) is 0.267. The molecular formula is C15H15N5O3. The van der Waals surface area contributed by atoms with E-state index in [-0.39, 0.29) is 13.1 Å². The van der Waals surface area contributed by atoms with E-state index in [1.807, 2.05) is 6.92 Å². The van der Waals surface area contributed by atoms with Crippen LogP contribution < -0.4 is 5.32 Å². The summed E-state index contributed by atoms with van der Waals surface area (Å²) in [7, 11) is 0. The van der Waals surface area contributed by atoms with Crippen molar-refractivity contribution >= 4 is 23.6 Å². The van der Waals surface area contributed by atoms with Gasteiger partial charge in [0, 0.05) is 17.8 Å². The Balaban J connectivity index is 1.64. The number of nitrogens with zero attached hydrogens (tertiary/aromatic N) is 3. The molecule has 8 heteroatoms. The largest absolute Gasteiger partial charge is 0.351 e. The Morgan fingerprint density at radius 2 is 2.22 bits per heavy atom. The number of hydrogen-bond donors (Lipinski definition) is 2. The van der Waals surface area contributed by atoms with Crippen LogP contribution in [0.2, 0.25) is 0 Å². The molecular weight excluding hydrogens is 298 g/mol. The second kappa shape index (κ2) is 5.99. The van der Waals surface area contributed by atoms with E-state index >= 15 is 0 Å². The highest BCUT2D eigenvalue weighted by atomic mass is 16.2. The number of aliphatic imine (C=N–C) groups is 1. The normalized spacial score (nSPS) is 19.6. The molecule has 0 saturated heterocycles. The predicted octanol–water partition coefficient (Wildman–Crippen LogP) is 0.480. The maximum absolute atomic E-state index is 12.3. The summed E-state index contributed by atoms with van der Waals surface area (Å²) in [6, 6.07) is -0.712. The molecule has 1 aromatic rings. The molecule has 1 aliphatic heterocycles. The van der Waals surface area contributed by atoms with Crippen molar-refractivity contribution in [2.45, 2.75) is 13.5 Å². The number of carbonyl (C=O) groups excluding carboxylic acids is 3. The number of carbonyl (C=O) groups is 3. The van der Waals surface area contributed by atoms with E-state index in [9.17, 15) is 14.4 Å². The van der Waals surface area contributed by atoms with Crippen LogP contribution in [0.15, 0.2) is 35.5 Å². The number of allylic oxidation sites excluding steroid dienone is 3. The van der Waals surface area contributed by atoms with Gasteiger partial charge in [0.15, 0.2) is 0 Å². The third kappa shape index (κ3) is 2.96. The molecule has 1 aromatic heterocycles. The molecule has 0 bridgehead atoms. The number of H-pyrrole nitrogens is 1. The molecule has 2 heterocycles. The number of aromatic amines is 1. The molecule has 0 radical (unpaired) electrons. The fourth-order valence-electron chi connectivity index (χ4n) is 2.37. The average Bonchev–Trinajstić information content (AvgIpc) is 2.94. The smallest absolute Gasteiger partial charge is 0.350 e. The monoisotopic (exact) mass is 313 g/mol. The number of nitrogens with one attached hydrogen (secondary N) is 2. The van der Waals surface area contributed by atoms with Crippen molar-refractivity contribution in [3.05, 3.63) is 41.8 Å². The summed E-state index contributed by atoms with van der Waals surface area (Å²) in [5, 5.41) is 9.29. The van der Waals surface area contributed by atoms with Crippen LogP contribution >= 0.6 is 0 Å². The summed E-state index contributed by atoms with van der Waals surface area (Å²) in [4.78, 5) is 41.0. The predicted molar refractivity (Wildman–Crippen MR) is 81.5 cm³/mol. The van der Waals surface area contributed by atoms with Crippen molar-refractivity contribution in [1.82, 2.24) is 20.4 Å². The van der Waals surface area contributed by atoms with Gasteiger partial charge in [-0.3, -0.25) is 19.6 Å². The number of imide groups is 1. The van der Waals surface area contributed by atoms with Crippen LogP contribution in [0.4, 0.5) is 4.79 Å². The Morgan fingerprint density at radius 3 is 2.96 bits per heavy atom. The Labute approximate surface area is 132 Å². The minimum atomic E-state index is -0.712. The summed E-state index contributed by atoms with van der Waals surface area (Å²) in [6.07, 6.45) is 8.33. The van der Waals surface area contributed by atoms with E-state index in [1.54, 1.807) is 30.5 Å². The van der Waals surface area contributed by atoms with Gasteiger partial charge in [-0.1, -0.05) is 18.2 Å². The Bertz CT molecular complexity index is 759. The van der Waals surface area contributed by atoms with Crippen LogP contribution in [-0.4, -0.2) is 45.2 Å². The van der Waals surface area contributed by atoms with Crippen LogP contribution in [0.1, 0.15) is 11.3 Å². The van der Waals surface area contributed by atoms with Crippen LogP contribution in [0, 0.1) is 12.8 Å². The molecule has 2 aliphatic rings. The molecule has 2 N–H and O–H groups in total. The lowest BCUT2D eigenvalue weighted by molar-refractivity contribution is -0.134. The van der Waals surface area contributed by atoms with Gasteiger partial charge in [-0.15, -0.1) is 0 Å². The zero-order valence-corrected chi connectivity index (χ0v) is 12.4. The molecule has 8 nitrogen and oxygen atoms in total. The highest BCUT2D eigenvalue weighted by Gasteiger charge is 2.36. The minimum Gasteiger partial charge on any atom is -0.350 e. The van der Waals surface area contributed by atoms with E-state index in [4.69, 9.17) is 0 Å². The molecule has 0 spiro atoms. The van der Waals surface area contributed by atoms with Crippen LogP contribution in [0.5, 0.6) is 0 Å². The highest BCUT2D eigenvalue weighted by molar-refractivity contribution is 6.22. The fourth-order valence-corrected chi connectivity index (χ4v) is 2.37. The van der Waals surface area contributed by atoms with Crippen molar-refractivity contribution < 1.29 is 14.4 Å². The second-order valence-electron chi connectivity index (χ2n) is 5.26. The van der Waals surface area contributed by atoms with E-state index in [0.29, 0.717) is 5.71 Å². The number of aromatic nitrogens is 2. The Kier molecular flexibility index (Phi) is 3.88. The van der Waals surface area contributed by atoms with Gasteiger partial charge in [0.05, 0.1) is 17.8 Å². The summed E-state index contributed by atoms with van der Waals surface area (Å²) >= 11 is 0. The number of amides is 4. The van der Waals surface area contributed by atoms with Gasteiger partial charge >= 0.3 is 6.03 Å². The van der Waals surface area contributed by atoms with Gasteiger partial charge in [0.2, 0.25) is 11.8 Å². The summed E-state index contributed by atoms with van der Waals surface area (Å²) in [5.41, 5.74) is 2.10. The molecule has 1 atom stereocenters. The first kappa shape index (κ1) is 14.9. The quantitative estimate of drug-likeness (QED) is 0.843. The molecule has 0 saturated carbocycles. The van der Waals surface area contributed by atoms with Gasteiger partial charge in [-0.25, -0.2) is 4.79 Å². The number of aryl methyl sites for hydroxylation is 1. The number of urea groups is 1. The topological polar surface area (TPSA) is 108 Å². The summed E-state index contributed by atoms with van der Waals surface area (Å²) < 4.78 is 0. The van der Waals surface area contributed by atoms with E-state index in [0.717, 1.165) is 16.2 Å². The number of hydrogen-bond acceptors (Lipinski definition) is 4. The lowest BCUT2D eigenvalue weighted by Gasteiger charge is -2.27. The molecule has 23 heavy (non-hydrogen) atoms. The molecule has 118 valence electrons. The maximum atomic E-state index is 12.3. The summed E-state index contributed by atoms with van der Waals surface area (Å²) in [6.45, 7) is 1.77. The molecule has 3 rings (SSSR count). The molecule has 1 unspecified atom stereocenters. The van der Waals surface area contributed by atoms with Gasteiger partial charge in [0.1, 0.15) is 6.54 Å². The van der Waals surface area contributed by atoms with Crippen LogP contribution in [-0.2, 0) is 16.1 Å². The lowest BCUT2D eigenvalue weighted by atomic mass is 9.95. The Hall–Kier alpha value is -3.03. The first-order chi connectivity index (χ1) is 11.1. The van der Waals surface area contributed by atoms with Crippen molar-refractivity contribution in [2.24, 2.45) is 10.9 Å². The first-order valence-electron chi connectivity index (χ1n) is 7.10. The molecule has 1 aliphatic carbocycles. The zero-order chi connectivity index (χ0) is 16.4. The van der Waals surface area contributed by atoms with Crippen LogP contribution in [0.25, 0.3) is 0 Å². The third-order valence-corrected chi connectivity index (χ3v) is 3.70. The third-order valence-electron chi connectivity index (χ3n) is 3.70. The number of fused-ring (bicyclic) bond motifs is 1. The van der Waals surface area contributed by atoms with Gasteiger partial charge in [0.25, 0.3) is 0 Å². The SMILES string of the molecule is Cc1[nH]ncc1CNC(=O)CN1C(=O)N=C2C=CC=CC2C1=O. The summed E-state index contributed by atoms with van der Waals surface area (Å²) in [5.74, 6) is -1.46. The van der Waals surface area contributed by atoms with Gasteiger partial charge < -0.3 is 5.32 Å². The van der Waals surface area contributed by atoms with Crippen molar-refractivity contribution in [1.29, 1.82) is 0 Å². The zero-order valence-electron chi connectivity index (χ0n) is 12.4. The van der Waals surface area contributed by atoms with Gasteiger partial charge in [-0.2, -0.15) is 10.1 Å². The maximum Gasteiger partial charge on any atom is 0.351 e. The highest BCUT2D eigenvalue weighted by Crippen LogP contribution is 2.19. The van der Waals surface area contributed by atoms with E-state index in [1.165, 1.54) is 0 Å². The van der Waals surface area contributed by atoms with Crippen molar-refractivity contribution in [2.75, 3.05) is 6.54 Å².